The number of aryl methyl sites for hydroxylation is 1. The van der Waals surface area contributed by atoms with E-state index in [-0.39, 0.29) is 0 Å². The van der Waals surface area contributed by atoms with Gasteiger partial charge >= 0.3 is 0 Å². The van der Waals surface area contributed by atoms with E-state index in [4.69, 9.17) is 0 Å². The van der Waals surface area contributed by atoms with E-state index < -0.39 is 0 Å². The number of likely N-dealkylation sites (tertiary alicyclic amines) is 1. The lowest BCUT2D eigenvalue weighted by Crippen LogP contribution is -2.29. The van der Waals surface area contributed by atoms with Gasteiger partial charge in [-0.2, -0.15) is 0 Å². The molecule has 110 valence electrons. The molecule has 1 saturated heterocycles. The zero-order valence-corrected chi connectivity index (χ0v) is 12.8. The summed E-state index contributed by atoms with van der Waals surface area (Å²) in [5.41, 5.74) is 5.02. The molecule has 21 heavy (non-hydrogen) atoms. The van der Waals surface area contributed by atoms with Crippen molar-refractivity contribution in [3.63, 3.8) is 0 Å². The molecular weight excluding hydrogens is 258 g/mol. The molecule has 0 spiro atoms. The van der Waals surface area contributed by atoms with Gasteiger partial charge in [0.05, 0.1) is 0 Å². The molecule has 0 aliphatic carbocycles. The number of nitrogens with zero attached hydrogens (tertiary/aromatic N) is 2. The van der Waals surface area contributed by atoms with Crippen LogP contribution in [-0.2, 0) is 6.54 Å². The minimum absolute atomic E-state index is 0.655. The summed E-state index contributed by atoms with van der Waals surface area (Å²) in [5.74, 6) is 0. The molecule has 1 fully saturated rings. The predicted molar refractivity (Wildman–Crippen MR) is 87.2 cm³/mol. The van der Waals surface area contributed by atoms with Crippen LogP contribution in [0.4, 0.5) is 0 Å². The SMILES string of the molecule is CNC1CCN(Cc2ccc(-c3cncc(C)c3)cc2)C1. The van der Waals surface area contributed by atoms with E-state index in [1.54, 1.807) is 0 Å². The van der Waals surface area contributed by atoms with E-state index in [9.17, 15) is 0 Å². The zero-order chi connectivity index (χ0) is 14.7. The van der Waals surface area contributed by atoms with Crippen LogP contribution < -0.4 is 5.32 Å². The molecule has 1 aromatic heterocycles. The van der Waals surface area contributed by atoms with Crippen LogP contribution >= 0.6 is 0 Å². The van der Waals surface area contributed by atoms with Crippen molar-refractivity contribution in [1.82, 2.24) is 15.2 Å². The molecule has 1 aliphatic heterocycles. The van der Waals surface area contributed by atoms with Crippen molar-refractivity contribution in [3.05, 3.63) is 53.9 Å². The standard InChI is InChI=1S/C18H23N3/c1-14-9-17(11-20-10-14)16-5-3-15(4-6-16)12-21-8-7-18(13-21)19-2/h3-6,9-11,18-19H,7-8,12-13H2,1-2H3. The molecule has 3 heteroatoms. The van der Waals surface area contributed by atoms with Gasteiger partial charge in [0.25, 0.3) is 0 Å². The first-order chi connectivity index (χ1) is 10.2. The van der Waals surface area contributed by atoms with Crippen LogP contribution in [0.25, 0.3) is 11.1 Å². The highest BCUT2D eigenvalue weighted by molar-refractivity contribution is 5.63. The summed E-state index contributed by atoms with van der Waals surface area (Å²) in [7, 11) is 2.05. The van der Waals surface area contributed by atoms with Crippen LogP contribution in [0, 0.1) is 6.92 Å². The van der Waals surface area contributed by atoms with Gasteiger partial charge in [0.2, 0.25) is 0 Å². The zero-order valence-electron chi connectivity index (χ0n) is 12.8. The largest absolute Gasteiger partial charge is 0.316 e. The Morgan fingerprint density at radius 3 is 2.67 bits per heavy atom. The van der Waals surface area contributed by atoms with Gasteiger partial charge in [0.1, 0.15) is 0 Å². The van der Waals surface area contributed by atoms with Crippen LogP contribution in [0.2, 0.25) is 0 Å². The van der Waals surface area contributed by atoms with Crippen molar-refractivity contribution in [2.24, 2.45) is 0 Å². The highest BCUT2D eigenvalue weighted by atomic mass is 15.2. The summed E-state index contributed by atoms with van der Waals surface area (Å²) >= 11 is 0. The summed E-state index contributed by atoms with van der Waals surface area (Å²) in [6, 6.07) is 11.7. The molecule has 1 N–H and O–H groups in total. The average Bonchev–Trinajstić information content (AvgIpc) is 2.96. The molecule has 0 radical (unpaired) electrons. The molecule has 3 nitrogen and oxygen atoms in total. The highest BCUT2D eigenvalue weighted by Crippen LogP contribution is 2.21. The van der Waals surface area contributed by atoms with Crippen LogP contribution in [0.3, 0.4) is 0 Å². The third-order valence-electron chi connectivity index (χ3n) is 4.25. The van der Waals surface area contributed by atoms with Crippen molar-refractivity contribution in [3.8, 4) is 11.1 Å². The molecule has 2 aromatic rings. The van der Waals surface area contributed by atoms with Gasteiger partial charge in [-0.1, -0.05) is 24.3 Å². The first-order valence-electron chi connectivity index (χ1n) is 7.65. The summed E-state index contributed by atoms with van der Waals surface area (Å²) < 4.78 is 0. The second-order valence-corrected chi connectivity index (χ2v) is 5.96. The maximum absolute atomic E-state index is 4.27. The Kier molecular flexibility index (Phi) is 4.32. The Morgan fingerprint density at radius 1 is 1.19 bits per heavy atom. The molecule has 0 saturated carbocycles. The summed E-state index contributed by atoms with van der Waals surface area (Å²) in [5, 5.41) is 3.37. The number of pyridine rings is 1. The first kappa shape index (κ1) is 14.2. The van der Waals surface area contributed by atoms with Gasteiger partial charge in [-0.25, -0.2) is 0 Å². The monoisotopic (exact) mass is 281 g/mol. The van der Waals surface area contributed by atoms with Gasteiger partial charge < -0.3 is 5.32 Å². The Balaban J connectivity index is 1.67. The van der Waals surface area contributed by atoms with Gasteiger partial charge in [-0.15, -0.1) is 0 Å². The molecule has 1 aromatic carbocycles. The Bertz CT molecular complexity index is 592. The van der Waals surface area contributed by atoms with E-state index in [0.29, 0.717) is 6.04 Å². The minimum Gasteiger partial charge on any atom is -0.316 e. The summed E-state index contributed by atoms with van der Waals surface area (Å²) in [4.78, 5) is 6.79. The number of hydrogen-bond donors (Lipinski definition) is 1. The topological polar surface area (TPSA) is 28.2 Å². The number of rotatable bonds is 4. The quantitative estimate of drug-likeness (QED) is 0.934. The lowest BCUT2D eigenvalue weighted by atomic mass is 10.0. The fourth-order valence-corrected chi connectivity index (χ4v) is 2.99. The van der Waals surface area contributed by atoms with Gasteiger partial charge in [0, 0.05) is 43.6 Å². The summed E-state index contributed by atoms with van der Waals surface area (Å²) in [6.07, 6.45) is 5.08. The van der Waals surface area contributed by atoms with E-state index in [2.05, 4.69) is 59.5 Å². The number of likely N-dealkylation sites (N-methyl/N-ethyl adjacent to an activating group) is 1. The van der Waals surface area contributed by atoms with Gasteiger partial charge in [-0.05, 0) is 43.1 Å². The molecule has 2 heterocycles. The van der Waals surface area contributed by atoms with Crippen LogP contribution in [-0.4, -0.2) is 36.1 Å². The molecule has 3 rings (SSSR count). The third-order valence-corrected chi connectivity index (χ3v) is 4.25. The average molecular weight is 281 g/mol. The third kappa shape index (κ3) is 3.49. The number of aromatic nitrogens is 1. The first-order valence-corrected chi connectivity index (χ1v) is 7.65. The fraction of sp³-hybridized carbons (Fsp3) is 0.389. The Labute approximate surface area is 127 Å². The van der Waals surface area contributed by atoms with Crippen molar-refractivity contribution >= 4 is 0 Å². The minimum atomic E-state index is 0.655. The second kappa shape index (κ2) is 6.37. The number of nitrogens with one attached hydrogen (secondary N) is 1. The van der Waals surface area contributed by atoms with Gasteiger partial charge in [0.15, 0.2) is 0 Å². The maximum Gasteiger partial charge on any atom is 0.0346 e. The van der Waals surface area contributed by atoms with E-state index in [0.717, 1.165) is 13.1 Å². The van der Waals surface area contributed by atoms with E-state index in [1.807, 2.05) is 12.4 Å². The lowest BCUT2D eigenvalue weighted by molar-refractivity contribution is 0.322. The van der Waals surface area contributed by atoms with Crippen LogP contribution in [0.1, 0.15) is 17.5 Å². The normalized spacial score (nSPS) is 19.0. The van der Waals surface area contributed by atoms with E-state index in [1.165, 1.54) is 35.2 Å². The molecule has 0 amide bonds. The molecular formula is C18H23N3. The van der Waals surface area contributed by atoms with E-state index >= 15 is 0 Å². The second-order valence-electron chi connectivity index (χ2n) is 5.96. The van der Waals surface area contributed by atoms with Gasteiger partial charge in [-0.3, -0.25) is 9.88 Å². The smallest absolute Gasteiger partial charge is 0.0346 e. The Morgan fingerprint density at radius 2 is 2.00 bits per heavy atom. The lowest BCUT2D eigenvalue weighted by Gasteiger charge is -2.16. The Hall–Kier alpha value is -1.71. The van der Waals surface area contributed by atoms with Crippen LogP contribution in [0.15, 0.2) is 42.7 Å². The number of hydrogen-bond acceptors (Lipinski definition) is 3. The van der Waals surface area contributed by atoms with Crippen molar-refractivity contribution < 1.29 is 0 Å². The number of benzene rings is 1. The summed E-state index contributed by atoms with van der Waals surface area (Å²) in [6.45, 7) is 5.47. The molecule has 1 atom stereocenters. The molecule has 0 bridgehead atoms. The van der Waals surface area contributed by atoms with Crippen molar-refractivity contribution in [2.75, 3.05) is 20.1 Å². The fourth-order valence-electron chi connectivity index (χ4n) is 2.99. The van der Waals surface area contributed by atoms with Crippen molar-refractivity contribution in [2.45, 2.75) is 25.9 Å². The van der Waals surface area contributed by atoms with Crippen molar-refractivity contribution in [1.29, 1.82) is 0 Å². The predicted octanol–water partition coefficient (Wildman–Crippen LogP) is 2.85. The maximum atomic E-state index is 4.27. The van der Waals surface area contributed by atoms with Crippen LogP contribution in [0.5, 0.6) is 0 Å². The molecule has 1 aliphatic rings. The molecule has 1 unspecified atom stereocenters. The highest BCUT2D eigenvalue weighted by Gasteiger charge is 2.20.